The molecule has 0 aromatic carbocycles. The molecule has 2 rings (SSSR count). The Hall–Kier alpha value is -2.09. The fourth-order valence-electron chi connectivity index (χ4n) is 2.73. The van der Waals surface area contributed by atoms with E-state index < -0.39 is 0 Å². The van der Waals surface area contributed by atoms with E-state index >= 15 is 0 Å². The summed E-state index contributed by atoms with van der Waals surface area (Å²) in [6.07, 6.45) is 4.73. The Labute approximate surface area is 118 Å². The monoisotopic (exact) mass is 273 g/mol. The minimum absolute atomic E-state index is 0.118. The van der Waals surface area contributed by atoms with E-state index in [1.807, 2.05) is 13.0 Å². The molecule has 1 fully saturated rings. The van der Waals surface area contributed by atoms with Crippen molar-refractivity contribution in [2.75, 3.05) is 6.54 Å². The zero-order chi connectivity index (χ0) is 14.7. The zero-order valence-electron chi connectivity index (χ0n) is 11.9. The third-order valence-electron chi connectivity index (χ3n) is 3.84. The van der Waals surface area contributed by atoms with Gasteiger partial charge in [0.25, 0.3) is 5.91 Å². The molecule has 0 aliphatic carbocycles. The fourth-order valence-corrected chi connectivity index (χ4v) is 2.73. The lowest BCUT2D eigenvalue weighted by Crippen LogP contribution is -2.48. The number of ketones is 1. The van der Waals surface area contributed by atoms with Gasteiger partial charge in [-0.15, -0.1) is 0 Å². The first-order valence-electron chi connectivity index (χ1n) is 6.98. The third kappa shape index (κ3) is 2.60. The van der Waals surface area contributed by atoms with E-state index in [-0.39, 0.29) is 17.7 Å². The molecule has 5 heteroatoms. The van der Waals surface area contributed by atoms with Crippen molar-refractivity contribution in [3.8, 4) is 6.07 Å². The lowest BCUT2D eigenvalue weighted by Gasteiger charge is -2.34. The molecular formula is C15H19N3O2. The van der Waals surface area contributed by atoms with E-state index in [1.54, 1.807) is 28.8 Å². The summed E-state index contributed by atoms with van der Waals surface area (Å²) in [6.45, 7) is 2.44. The van der Waals surface area contributed by atoms with Crippen molar-refractivity contribution in [3.63, 3.8) is 0 Å². The van der Waals surface area contributed by atoms with Gasteiger partial charge in [-0.1, -0.05) is 6.92 Å². The highest BCUT2D eigenvalue weighted by atomic mass is 16.2. The number of carbonyl (C=O) groups is 2. The highest BCUT2D eigenvalue weighted by Crippen LogP contribution is 2.22. The lowest BCUT2D eigenvalue weighted by atomic mass is 9.96. The number of hydrogen-bond acceptors (Lipinski definition) is 3. The van der Waals surface area contributed by atoms with Crippen LogP contribution in [0.5, 0.6) is 0 Å². The molecule has 1 atom stereocenters. The number of aromatic nitrogens is 1. The van der Waals surface area contributed by atoms with Crippen LogP contribution >= 0.6 is 0 Å². The van der Waals surface area contributed by atoms with Gasteiger partial charge in [-0.3, -0.25) is 9.59 Å². The SMILES string of the molecule is CCC(=O)[C@H]1CCCCN1C(=O)c1cc(C#N)cn1C. The summed E-state index contributed by atoms with van der Waals surface area (Å²) < 4.78 is 1.66. The summed E-state index contributed by atoms with van der Waals surface area (Å²) in [5, 5.41) is 8.90. The number of likely N-dealkylation sites (tertiary alicyclic amines) is 1. The largest absolute Gasteiger partial charge is 0.345 e. The number of carbonyl (C=O) groups excluding carboxylic acids is 2. The maximum absolute atomic E-state index is 12.6. The number of Topliss-reactive ketones (excluding diaryl/α,β-unsaturated/α-hetero) is 1. The quantitative estimate of drug-likeness (QED) is 0.844. The van der Waals surface area contributed by atoms with Crippen LogP contribution in [-0.4, -0.2) is 33.7 Å². The summed E-state index contributed by atoms with van der Waals surface area (Å²) in [5.74, 6) is -0.0340. The highest BCUT2D eigenvalue weighted by Gasteiger charge is 2.32. The minimum atomic E-state index is -0.304. The second-order valence-corrected chi connectivity index (χ2v) is 5.17. The molecule has 1 amide bonds. The van der Waals surface area contributed by atoms with Crippen LogP contribution in [0.2, 0.25) is 0 Å². The van der Waals surface area contributed by atoms with Gasteiger partial charge >= 0.3 is 0 Å². The average molecular weight is 273 g/mol. The van der Waals surface area contributed by atoms with Gasteiger partial charge in [0.2, 0.25) is 0 Å². The van der Waals surface area contributed by atoms with E-state index in [0.29, 0.717) is 24.2 Å². The number of nitriles is 1. The van der Waals surface area contributed by atoms with E-state index in [1.165, 1.54) is 0 Å². The van der Waals surface area contributed by atoms with Crippen molar-refractivity contribution in [1.82, 2.24) is 9.47 Å². The lowest BCUT2D eigenvalue weighted by molar-refractivity contribution is -0.124. The smallest absolute Gasteiger partial charge is 0.271 e. The molecule has 20 heavy (non-hydrogen) atoms. The first-order chi connectivity index (χ1) is 9.58. The maximum Gasteiger partial charge on any atom is 0.271 e. The molecule has 0 bridgehead atoms. The van der Waals surface area contributed by atoms with Crippen LogP contribution in [0.15, 0.2) is 12.3 Å². The Morgan fingerprint density at radius 1 is 1.45 bits per heavy atom. The molecule has 0 N–H and O–H groups in total. The van der Waals surface area contributed by atoms with Crippen molar-refractivity contribution in [1.29, 1.82) is 5.26 Å². The Balaban J connectivity index is 2.27. The topological polar surface area (TPSA) is 66.1 Å². The summed E-state index contributed by atoms with van der Waals surface area (Å²) in [4.78, 5) is 26.3. The molecule has 1 aliphatic heterocycles. The molecule has 2 heterocycles. The van der Waals surface area contributed by atoms with Crippen molar-refractivity contribution in [2.45, 2.75) is 38.6 Å². The van der Waals surface area contributed by atoms with Gasteiger partial charge in [0, 0.05) is 26.2 Å². The average Bonchev–Trinajstić information content (AvgIpc) is 2.86. The molecule has 1 aromatic heterocycles. The summed E-state index contributed by atoms with van der Waals surface area (Å²) in [7, 11) is 1.74. The molecule has 1 aliphatic rings. The van der Waals surface area contributed by atoms with Crippen LogP contribution in [0.1, 0.15) is 48.7 Å². The molecule has 0 unspecified atom stereocenters. The predicted octanol–water partition coefficient (Wildman–Crippen LogP) is 1.87. The highest BCUT2D eigenvalue weighted by molar-refractivity contribution is 5.97. The summed E-state index contributed by atoms with van der Waals surface area (Å²) >= 11 is 0. The Bertz CT molecular complexity index is 568. The van der Waals surface area contributed by atoms with E-state index in [0.717, 1.165) is 19.3 Å². The van der Waals surface area contributed by atoms with Gasteiger partial charge in [-0.25, -0.2) is 0 Å². The van der Waals surface area contributed by atoms with Crippen LogP contribution in [0.4, 0.5) is 0 Å². The number of aryl methyl sites for hydroxylation is 1. The van der Waals surface area contributed by atoms with Gasteiger partial charge in [-0.2, -0.15) is 5.26 Å². The van der Waals surface area contributed by atoms with Crippen molar-refractivity contribution >= 4 is 11.7 Å². The molecule has 1 saturated heterocycles. The second-order valence-electron chi connectivity index (χ2n) is 5.17. The molecular weight excluding hydrogens is 254 g/mol. The standard InChI is InChI=1S/C15H19N3O2/c1-3-14(19)12-6-4-5-7-18(12)15(20)13-8-11(9-16)10-17(13)2/h8,10,12H,3-7H2,1-2H3/t12-/m1/s1. The molecule has 5 nitrogen and oxygen atoms in total. The van der Waals surface area contributed by atoms with Gasteiger partial charge in [-0.05, 0) is 25.3 Å². The summed E-state index contributed by atoms with van der Waals surface area (Å²) in [5.41, 5.74) is 0.934. The van der Waals surface area contributed by atoms with Gasteiger partial charge in [0.15, 0.2) is 5.78 Å². The Kier molecular flexibility index (Phi) is 4.23. The van der Waals surface area contributed by atoms with Crippen molar-refractivity contribution in [2.24, 2.45) is 7.05 Å². The summed E-state index contributed by atoms with van der Waals surface area (Å²) in [6, 6.07) is 3.32. The minimum Gasteiger partial charge on any atom is -0.345 e. The molecule has 0 saturated carbocycles. The first kappa shape index (κ1) is 14.3. The number of amides is 1. The van der Waals surface area contributed by atoms with Crippen LogP contribution in [0, 0.1) is 11.3 Å². The van der Waals surface area contributed by atoms with Crippen molar-refractivity contribution < 1.29 is 9.59 Å². The molecule has 1 aromatic rings. The van der Waals surface area contributed by atoms with E-state index in [4.69, 9.17) is 5.26 Å². The van der Waals surface area contributed by atoms with Crippen LogP contribution < -0.4 is 0 Å². The third-order valence-corrected chi connectivity index (χ3v) is 3.84. The van der Waals surface area contributed by atoms with Gasteiger partial charge in [0.05, 0.1) is 11.6 Å². The Morgan fingerprint density at radius 2 is 2.20 bits per heavy atom. The van der Waals surface area contributed by atoms with Gasteiger partial charge in [0.1, 0.15) is 11.8 Å². The maximum atomic E-state index is 12.6. The Morgan fingerprint density at radius 3 is 2.80 bits per heavy atom. The van der Waals surface area contributed by atoms with Gasteiger partial charge < -0.3 is 9.47 Å². The number of rotatable bonds is 3. The van der Waals surface area contributed by atoms with E-state index in [9.17, 15) is 9.59 Å². The van der Waals surface area contributed by atoms with E-state index in [2.05, 4.69) is 0 Å². The number of hydrogen-bond donors (Lipinski definition) is 0. The number of piperidine rings is 1. The normalized spacial score (nSPS) is 18.6. The van der Waals surface area contributed by atoms with Crippen LogP contribution in [0.25, 0.3) is 0 Å². The van der Waals surface area contributed by atoms with Crippen molar-refractivity contribution in [3.05, 3.63) is 23.5 Å². The molecule has 106 valence electrons. The second kappa shape index (κ2) is 5.91. The van der Waals surface area contributed by atoms with Crippen LogP contribution in [-0.2, 0) is 11.8 Å². The zero-order valence-corrected chi connectivity index (χ0v) is 11.9. The predicted molar refractivity (Wildman–Crippen MR) is 74.1 cm³/mol. The van der Waals surface area contributed by atoms with Crippen LogP contribution in [0.3, 0.4) is 0 Å². The molecule has 0 spiro atoms. The molecule has 0 radical (unpaired) electrons. The number of nitrogens with zero attached hydrogens (tertiary/aromatic N) is 3. The first-order valence-corrected chi connectivity index (χ1v) is 6.98. The fraction of sp³-hybridized carbons (Fsp3) is 0.533.